The van der Waals surface area contributed by atoms with Crippen molar-refractivity contribution in [3.8, 4) is 0 Å². The van der Waals surface area contributed by atoms with Gasteiger partial charge in [-0.1, -0.05) is 0 Å². The zero-order valence-corrected chi connectivity index (χ0v) is 17.8. The SMILES string of the molecule is CC1(NC(=O)O[C@@H]2CC[C@H](c3cc(Nc4ncc(Br)n5nccc45)n[nH]3)[C@H]2F)CC1. The Morgan fingerprint density at radius 1 is 1.43 bits per heavy atom. The number of halogens is 2. The van der Waals surface area contributed by atoms with Gasteiger partial charge in [0.2, 0.25) is 0 Å². The van der Waals surface area contributed by atoms with Gasteiger partial charge in [-0.25, -0.2) is 18.7 Å². The minimum Gasteiger partial charge on any atom is -0.443 e. The zero-order valence-electron chi connectivity index (χ0n) is 16.2. The van der Waals surface area contributed by atoms with E-state index in [-0.39, 0.29) is 5.54 Å². The van der Waals surface area contributed by atoms with E-state index in [4.69, 9.17) is 4.74 Å². The van der Waals surface area contributed by atoms with Crippen LogP contribution in [0.1, 0.15) is 44.2 Å². The molecule has 2 aliphatic carbocycles. The van der Waals surface area contributed by atoms with Gasteiger partial charge in [0, 0.05) is 23.2 Å². The fourth-order valence-corrected chi connectivity index (χ4v) is 4.18. The maximum absolute atomic E-state index is 15.0. The number of hydrogen-bond donors (Lipinski definition) is 3. The molecule has 0 radical (unpaired) electrons. The summed E-state index contributed by atoms with van der Waals surface area (Å²) in [7, 11) is 0. The first-order valence-electron chi connectivity index (χ1n) is 9.85. The number of anilines is 2. The van der Waals surface area contributed by atoms with Crippen LogP contribution in [0.25, 0.3) is 5.52 Å². The Labute approximate surface area is 179 Å². The number of ether oxygens (including phenoxy) is 1. The number of alkyl halides is 1. The Kier molecular flexibility index (Phi) is 4.64. The molecule has 0 aliphatic heterocycles. The summed E-state index contributed by atoms with van der Waals surface area (Å²) in [5, 5.41) is 17.3. The lowest BCUT2D eigenvalue weighted by Crippen LogP contribution is -2.38. The van der Waals surface area contributed by atoms with Crippen LogP contribution in [0, 0.1) is 0 Å². The standard InChI is InChI=1S/C19H21BrFN7O2/c1-19(5-6-19)25-18(29)30-13-3-2-10(16(13)21)11-8-15(27-26-11)24-17-12-4-7-23-28(12)14(20)9-22-17/h4,7-10,13,16H,2-3,5-6H2,1H3,(H,25,29)(H2,22,24,26,27)/t10-,13-,16-/m1/s1. The average Bonchev–Trinajstić information content (AvgIpc) is 3.14. The molecule has 3 heterocycles. The molecule has 2 saturated carbocycles. The van der Waals surface area contributed by atoms with E-state index in [9.17, 15) is 9.18 Å². The van der Waals surface area contributed by atoms with Gasteiger partial charge >= 0.3 is 6.09 Å². The van der Waals surface area contributed by atoms with Crippen molar-refractivity contribution < 1.29 is 13.9 Å². The van der Waals surface area contributed by atoms with Crippen LogP contribution in [0.5, 0.6) is 0 Å². The third-order valence-electron chi connectivity index (χ3n) is 5.80. The van der Waals surface area contributed by atoms with Crippen LogP contribution in [-0.2, 0) is 4.74 Å². The normalized spacial score (nSPS) is 24.7. The first-order chi connectivity index (χ1) is 14.4. The Balaban J connectivity index is 1.25. The van der Waals surface area contributed by atoms with Gasteiger partial charge in [0.25, 0.3) is 0 Å². The molecule has 3 N–H and O–H groups in total. The van der Waals surface area contributed by atoms with Crippen molar-refractivity contribution in [3.63, 3.8) is 0 Å². The molecule has 1 amide bonds. The topological polar surface area (TPSA) is 109 Å². The fourth-order valence-electron chi connectivity index (χ4n) is 3.80. The molecule has 2 fully saturated rings. The molecule has 0 bridgehead atoms. The van der Waals surface area contributed by atoms with Crippen molar-refractivity contribution in [2.24, 2.45) is 0 Å². The zero-order chi connectivity index (χ0) is 20.9. The van der Waals surface area contributed by atoms with Crippen LogP contribution in [0.2, 0.25) is 0 Å². The molecule has 0 unspecified atom stereocenters. The second-order valence-corrected chi connectivity index (χ2v) is 8.96. The average molecular weight is 478 g/mol. The number of carbonyl (C=O) groups excluding carboxylic acids is 1. The van der Waals surface area contributed by atoms with Gasteiger partial charge in [0.1, 0.15) is 22.4 Å². The molecule has 0 saturated heterocycles. The van der Waals surface area contributed by atoms with E-state index < -0.39 is 24.3 Å². The number of hydrogen-bond acceptors (Lipinski definition) is 6. The van der Waals surface area contributed by atoms with E-state index >= 15 is 0 Å². The lowest BCUT2D eigenvalue weighted by Gasteiger charge is -2.19. The van der Waals surface area contributed by atoms with Gasteiger partial charge in [-0.3, -0.25) is 5.10 Å². The Morgan fingerprint density at radius 3 is 3.07 bits per heavy atom. The number of alkyl carbamates (subject to hydrolysis) is 1. The predicted octanol–water partition coefficient (Wildman–Crippen LogP) is 3.82. The van der Waals surface area contributed by atoms with Crippen molar-refractivity contribution >= 4 is 39.2 Å². The van der Waals surface area contributed by atoms with Crippen LogP contribution < -0.4 is 10.6 Å². The van der Waals surface area contributed by atoms with Crippen molar-refractivity contribution in [3.05, 3.63) is 34.8 Å². The number of nitrogens with one attached hydrogen (secondary N) is 3. The summed E-state index contributed by atoms with van der Waals surface area (Å²) in [6.45, 7) is 1.95. The summed E-state index contributed by atoms with van der Waals surface area (Å²) >= 11 is 3.40. The predicted molar refractivity (Wildman–Crippen MR) is 110 cm³/mol. The van der Waals surface area contributed by atoms with Gasteiger partial charge in [-0.2, -0.15) is 10.2 Å². The van der Waals surface area contributed by atoms with E-state index in [1.807, 2.05) is 13.0 Å². The third-order valence-corrected chi connectivity index (χ3v) is 6.34. The largest absolute Gasteiger partial charge is 0.443 e. The monoisotopic (exact) mass is 477 g/mol. The van der Waals surface area contributed by atoms with Crippen LogP contribution >= 0.6 is 15.9 Å². The van der Waals surface area contributed by atoms with Crippen LogP contribution in [0.3, 0.4) is 0 Å². The number of H-pyrrole nitrogens is 1. The summed E-state index contributed by atoms with van der Waals surface area (Å²) in [4.78, 5) is 16.4. The van der Waals surface area contributed by atoms with Crippen LogP contribution in [-0.4, -0.2) is 48.7 Å². The molecule has 5 rings (SSSR count). The smallest absolute Gasteiger partial charge is 0.407 e. The van der Waals surface area contributed by atoms with Gasteiger partial charge in [-0.05, 0) is 54.6 Å². The minimum atomic E-state index is -1.29. The summed E-state index contributed by atoms with van der Waals surface area (Å²) in [6, 6.07) is 3.60. The Hall–Kier alpha value is -2.69. The highest BCUT2D eigenvalue weighted by Crippen LogP contribution is 2.39. The molecular weight excluding hydrogens is 457 g/mol. The number of rotatable bonds is 5. The minimum absolute atomic E-state index is 0.188. The van der Waals surface area contributed by atoms with Gasteiger partial charge in [-0.15, -0.1) is 0 Å². The van der Waals surface area contributed by atoms with Crippen molar-refractivity contribution in [1.29, 1.82) is 0 Å². The number of carbonyl (C=O) groups is 1. The van der Waals surface area contributed by atoms with Crippen molar-refractivity contribution in [2.45, 2.75) is 56.3 Å². The van der Waals surface area contributed by atoms with Crippen molar-refractivity contribution in [1.82, 2.24) is 30.1 Å². The number of amides is 1. The molecule has 158 valence electrons. The second-order valence-electron chi connectivity index (χ2n) is 8.15. The molecular formula is C19H21BrFN7O2. The summed E-state index contributed by atoms with van der Waals surface area (Å²) in [5.74, 6) is 0.706. The number of aromatic nitrogens is 5. The molecule has 0 spiro atoms. The quantitative estimate of drug-likeness (QED) is 0.515. The van der Waals surface area contributed by atoms with Gasteiger partial charge in [0.15, 0.2) is 11.6 Å². The van der Waals surface area contributed by atoms with Crippen LogP contribution in [0.15, 0.2) is 29.1 Å². The van der Waals surface area contributed by atoms with E-state index in [2.05, 4.69) is 46.8 Å². The number of nitrogens with zero attached hydrogens (tertiary/aromatic N) is 4. The highest BCUT2D eigenvalue weighted by Gasteiger charge is 2.43. The molecule has 9 nitrogen and oxygen atoms in total. The highest BCUT2D eigenvalue weighted by molar-refractivity contribution is 9.10. The number of fused-ring (bicyclic) bond motifs is 1. The van der Waals surface area contributed by atoms with E-state index in [0.29, 0.717) is 30.2 Å². The molecule has 2 aliphatic rings. The highest BCUT2D eigenvalue weighted by atomic mass is 79.9. The van der Waals surface area contributed by atoms with E-state index in [0.717, 1.165) is 23.0 Å². The third kappa shape index (κ3) is 3.62. The summed E-state index contributed by atoms with van der Waals surface area (Å²) < 4.78 is 22.8. The first kappa shape index (κ1) is 19.3. The second kappa shape index (κ2) is 7.22. The lowest BCUT2D eigenvalue weighted by molar-refractivity contribution is 0.0546. The maximum atomic E-state index is 15.0. The molecule has 3 aromatic heterocycles. The maximum Gasteiger partial charge on any atom is 0.407 e. The lowest BCUT2D eigenvalue weighted by atomic mass is 10.0. The van der Waals surface area contributed by atoms with E-state index in [1.165, 1.54) is 0 Å². The molecule has 3 atom stereocenters. The fraction of sp³-hybridized carbons (Fsp3) is 0.474. The first-order valence-corrected chi connectivity index (χ1v) is 10.6. The van der Waals surface area contributed by atoms with Gasteiger partial charge < -0.3 is 15.4 Å². The van der Waals surface area contributed by atoms with Crippen molar-refractivity contribution in [2.75, 3.05) is 5.32 Å². The molecule has 30 heavy (non-hydrogen) atoms. The Morgan fingerprint density at radius 2 is 2.27 bits per heavy atom. The molecule has 3 aromatic rings. The van der Waals surface area contributed by atoms with E-state index in [1.54, 1.807) is 23.0 Å². The molecule has 11 heteroatoms. The molecule has 0 aromatic carbocycles. The summed E-state index contributed by atoms with van der Waals surface area (Å²) in [5.41, 5.74) is 1.25. The number of aromatic amines is 1. The van der Waals surface area contributed by atoms with Gasteiger partial charge in [0.05, 0.1) is 12.4 Å². The summed E-state index contributed by atoms with van der Waals surface area (Å²) in [6.07, 6.45) is 3.63. The van der Waals surface area contributed by atoms with Crippen LogP contribution in [0.4, 0.5) is 20.8 Å². The Bertz CT molecular complexity index is 1100.